The van der Waals surface area contributed by atoms with Crippen molar-refractivity contribution < 1.29 is 14.6 Å². The standard InChI is InChI=1S/C25H21NO3/c27-12-11-17-14-26-24-13-16(9-10-18(17)24)25(28)29-15-23-21-7-3-1-5-19(21)20-6-2-4-8-22(20)23/h1-10,13-14,23,26-27H,11-12,15H2. The van der Waals surface area contributed by atoms with Crippen LogP contribution in [0.1, 0.15) is 33.0 Å². The van der Waals surface area contributed by atoms with E-state index in [-0.39, 0.29) is 18.5 Å². The Morgan fingerprint density at radius 3 is 2.34 bits per heavy atom. The maximum Gasteiger partial charge on any atom is 0.338 e. The molecule has 4 nitrogen and oxygen atoms in total. The van der Waals surface area contributed by atoms with Crippen LogP contribution in [-0.2, 0) is 11.2 Å². The molecule has 1 heterocycles. The molecule has 4 aromatic rings. The molecule has 0 aliphatic heterocycles. The molecule has 0 radical (unpaired) electrons. The van der Waals surface area contributed by atoms with Crippen LogP contribution in [0, 0.1) is 0 Å². The molecular formula is C25H21NO3. The molecule has 0 fully saturated rings. The SMILES string of the molecule is O=C(OCC1c2ccccc2-c2ccccc21)c1ccc2c(CCO)c[nH]c2c1. The topological polar surface area (TPSA) is 62.3 Å². The third kappa shape index (κ3) is 3.02. The number of H-pyrrole nitrogens is 1. The summed E-state index contributed by atoms with van der Waals surface area (Å²) in [6.07, 6.45) is 2.46. The number of aromatic amines is 1. The van der Waals surface area contributed by atoms with Gasteiger partial charge in [0.1, 0.15) is 6.61 Å². The lowest BCUT2D eigenvalue weighted by Crippen LogP contribution is -2.12. The van der Waals surface area contributed by atoms with Crippen LogP contribution in [0.5, 0.6) is 0 Å². The number of hydrogen-bond donors (Lipinski definition) is 2. The molecule has 0 amide bonds. The summed E-state index contributed by atoms with van der Waals surface area (Å²) in [6, 6.07) is 22.1. The van der Waals surface area contributed by atoms with E-state index in [2.05, 4.69) is 29.2 Å². The number of benzene rings is 3. The Morgan fingerprint density at radius 2 is 1.66 bits per heavy atom. The number of aliphatic hydroxyl groups is 1. The van der Waals surface area contributed by atoms with Crippen molar-refractivity contribution in [3.05, 3.63) is 95.2 Å². The van der Waals surface area contributed by atoms with E-state index in [4.69, 9.17) is 9.84 Å². The van der Waals surface area contributed by atoms with Gasteiger partial charge in [0.2, 0.25) is 0 Å². The van der Waals surface area contributed by atoms with Crippen molar-refractivity contribution in [2.75, 3.05) is 13.2 Å². The van der Waals surface area contributed by atoms with Gasteiger partial charge in [0, 0.05) is 29.6 Å². The fourth-order valence-corrected chi connectivity index (χ4v) is 4.32. The Balaban J connectivity index is 1.38. The van der Waals surface area contributed by atoms with Crippen molar-refractivity contribution in [2.45, 2.75) is 12.3 Å². The first-order chi connectivity index (χ1) is 14.3. The number of esters is 1. The maximum absolute atomic E-state index is 12.7. The molecule has 0 atom stereocenters. The highest BCUT2D eigenvalue weighted by Crippen LogP contribution is 2.44. The molecule has 0 unspecified atom stereocenters. The number of aromatic nitrogens is 1. The van der Waals surface area contributed by atoms with Crippen LogP contribution >= 0.6 is 0 Å². The summed E-state index contributed by atoms with van der Waals surface area (Å²) in [7, 11) is 0. The van der Waals surface area contributed by atoms with Gasteiger partial charge in [-0.15, -0.1) is 0 Å². The van der Waals surface area contributed by atoms with Crippen LogP contribution < -0.4 is 0 Å². The van der Waals surface area contributed by atoms with Gasteiger partial charge in [-0.2, -0.15) is 0 Å². The zero-order chi connectivity index (χ0) is 19.8. The van der Waals surface area contributed by atoms with E-state index in [0.717, 1.165) is 16.5 Å². The molecule has 0 spiro atoms. The van der Waals surface area contributed by atoms with Gasteiger partial charge in [-0.25, -0.2) is 4.79 Å². The quantitative estimate of drug-likeness (QED) is 0.492. The Morgan fingerprint density at radius 1 is 0.966 bits per heavy atom. The molecule has 0 saturated carbocycles. The fourth-order valence-electron chi connectivity index (χ4n) is 4.32. The van der Waals surface area contributed by atoms with Crippen LogP contribution in [0.25, 0.3) is 22.0 Å². The molecule has 2 N–H and O–H groups in total. The Labute approximate surface area is 168 Å². The zero-order valence-corrected chi connectivity index (χ0v) is 15.9. The summed E-state index contributed by atoms with van der Waals surface area (Å²) in [6.45, 7) is 0.409. The van der Waals surface area contributed by atoms with E-state index in [1.54, 1.807) is 6.07 Å². The molecule has 1 aliphatic rings. The molecular weight excluding hydrogens is 362 g/mol. The van der Waals surface area contributed by atoms with Crippen LogP contribution in [0.15, 0.2) is 72.9 Å². The van der Waals surface area contributed by atoms with Gasteiger partial charge >= 0.3 is 5.97 Å². The fraction of sp³-hybridized carbons (Fsp3) is 0.160. The highest BCUT2D eigenvalue weighted by molar-refractivity contribution is 5.95. The maximum atomic E-state index is 12.7. The van der Waals surface area contributed by atoms with Crippen molar-refractivity contribution in [1.29, 1.82) is 0 Å². The van der Waals surface area contributed by atoms with Crippen molar-refractivity contribution >= 4 is 16.9 Å². The second-order valence-corrected chi connectivity index (χ2v) is 7.37. The molecule has 144 valence electrons. The smallest absolute Gasteiger partial charge is 0.338 e. The van der Waals surface area contributed by atoms with Crippen LogP contribution in [0.2, 0.25) is 0 Å². The molecule has 0 bridgehead atoms. The second-order valence-electron chi connectivity index (χ2n) is 7.37. The second kappa shape index (κ2) is 7.22. The van der Waals surface area contributed by atoms with E-state index in [1.165, 1.54) is 22.3 Å². The average Bonchev–Trinajstić information content (AvgIpc) is 3.31. The summed E-state index contributed by atoms with van der Waals surface area (Å²) in [5.74, 6) is -0.274. The van der Waals surface area contributed by atoms with E-state index < -0.39 is 0 Å². The Hall–Kier alpha value is -3.37. The molecule has 1 aliphatic carbocycles. The van der Waals surface area contributed by atoms with Crippen LogP contribution in [0.4, 0.5) is 0 Å². The largest absolute Gasteiger partial charge is 0.461 e. The zero-order valence-electron chi connectivity index (χ0n) is 15.9. The number of nitrogens with one attached hydrogen (secondary N) is 1. The van der Waals surface area contributed by atoms with E-state index >= 15 is 0 Å². The summed E-state index contributed by atoms with van der Waals surface area (Å²) >= 11 is 0. The van der Waals surface area contributed by atoms with Crippen LogP contribution in [0.3, 0.4) is 0 Å². The van der Waals surface area contributed by atoms with Gasteiger partial charge < -0.3 is 14.8 Å². The summed E-state index contributed by atoms with van der Waals surface area (Å²) in [5.41, 5.74) is 7.28. The van der Waals surface area contributed by atoms with Crippen molar-refractivity contribution in [1.82, 2.24) is 4.98 Å². The number of aliphatic hydroxyl groups excluding tert-OH is 1. The van der Waals surface area contributed by atoms with Crippen molar-refractivity contribution in [3.63, 3.8) is 0 Å². The molecule has 4 heteroatoms. The third-order valence-electron chi connectivity index (χ3n) is 5.73. The van der Waals surface area contributed by atoms with Gasteiger partial charge in [-0.1, -0.05) is 54.6 Å². The summed E-state index contributed by atoms with van der Waals surface area (Å²) in [4.78, 5) is 15.9. The minimum Gasteiger partial charge on any atom is -0.461 e. The monoisotopic (exact) mass is 383 g/mol. The van der Waals surface area contributed by atoms with E-state index in [1.807, 2.05) is 42.6 Å². The first kappa shape index (κ1) is 17.7. The van der Waals surface area contributed by atoms with Gasteiger partial charge in [0.15, 0.2) is 0 Å². The minimum absolute atomic E-state index is 0.0525. The number of carbonyl (C=O) groups excluding carboxylic acids is 1. The third-order valence-corrected chi connectivity index (χ3v) is 5.73. The summed E-state index contributed by atoms with van der Waals surface area (Å²) in [5, 5.41) is 10.2. The molecule has 29 heavy (non-hydrogen) atoms. The van der Waals surface area contributed by atoms with Gasteiger partial charge in [-0.3, -0.25) is 0 Å². The van der Waals surface area contributed by atoms with Gasteiger partial charge in [-0.05, 0) is 46.4 Å². The Bertz CT molecular complexity index is 1160. The summed E-state index contributed by atoms with van der Waals surface area (Å²) < 4.78 is 5.74. The van der Waals surface area contributed by atoms with Crippen molar-refractivity contribution in [2.24, 2.45) is 0 Å². The highest BCUT2D eigenvalue weighted by Gasteiger charge is 2.29. The Kier molecular flexibility index (Phi) is 4.41. The van der Waals surface area contributed by atoms with E-state index in [0.29, 0.717) is 18.6 Å². The first-order valence-electron chi connectivity index (χ1n) is 9.82. The lowest BCUT2D eigenvalue weighted by atomic mass is 9.98. The number of carbonyl (C=O) groups is 1. The van der Waals surface area contributed by atoms with Gasteiger partial charge in [0.25, 0.3) is 0 Å². The van der Waals surface area contributed by atoms with Crippen LogP contribution in [-0.4, -0.2) is 29.3 Å². The number of fused-ring (bicyclic) bond motifs is 4. The number of hydrogen-bond acceptors (Lipinski definition) is 3. The normalized spacial score (nSPS) is 12.7. The van der Waals surface area contributed by atoms with Crippen molar-refractivity contribution in [3.8, 4) is 11.1 Å². The number of ether oxygens (including phenoxy) is 1. The highest BCUT2D eigenvalue weighted by atomic mass is 16.5. The predicted molar refractivity (Wildman–Crippen MR) is 113 cm³/mol. The molecule has 3 aromatic carbocycles. The van der Waals surface area contributed by atoms with Gasteiger partial charge in [0.05, 0.1) is 5.56 Å². The number of rotatable bonds is 5. The molecule has 5 rings (SSSR count). The first-order valence-corrected chi connectivity index (χ1v) is 9.82. The predicted octanol–water partition coefficient (Wildman–Crippen LogP) is 4.67. The molecule has 0 saturated heterocycles. The minimum atomic E-state index is -0.327. The lowest BCUT2D eigenvalue weighted by Gasteiger charge is -2.14. The molecule has 1 aromatic heterocycles. The van der Waals surface area contributed by atoms with E-state index in [9.17, 15) is 4.79 Å². The lowest BCUT2D eigenvalue weighted by molar-refractivity contribution is 0.0493. The average molecular weight is 383 g/mol.